The molecule has 1 saturated carbocycles. The quantitative estimate of drug-likeness (QED) is 0.780. The van der Waals surface area contributed by atoms with E-state index in [9.17, 15) is 19.2 Å². The van der Waals surface area contributed by atoms with Gasteiger partial charge in [-0.05, 0) is 31.4 Å². The Kier molecular flexibility index (Phi) is 5.93. The lowest BCUT2D eigenvalue weighted by molar-refractivity contribution is -0.447. The number of halogens is 1. The van der Waals surface area contributed by atoms with Crippen molar-refractivity contribution in [1.82, 2.24) is 15.5 Å². The van der Waals surface area contributed by atoms with E-state index in [1.54, 1.807) is 28.7 Å². The fourth-order valence-electron chi connectivity index (χ4n) is 3.49. The second-order valence-corrected chi connectivity index (χ2v) is 7.39. The third-order valence-electron chi connectivity index (χ3n) is 5.09. The van der Waals surface area contributed by atoms with Crippen LogP contribution in [0.5, 0.6) is 0 Å². The van der Waals surface area contributed by atoms with Crippen molar-refractivity contribution in [1.29, 1.82) is 5.26 Å². The molecule has 4 amide bonds. The maximum atomic E-state index is 14.0. The molecule has 1 aliphatic carbocycles. The van der Waals surface area contributed by atoms with E-state index in [-0.39, 0.29) is 36.4 Å². The number of benzene rings is 1. The van der Waals surface area contributed by atoms with Crippen LogP contribution in [0.15, 0.2) is 18.2 Å². The lowest BCUT2D eigenvalue weighted by Gasteiger charge is -2.30. The number of urea groups is 2. The van der Waals surface area contributed by atoms with Crippen LogP contribution in [-0.4, -0.2) is 53.4 Å². The van der Waals surface area contributed by atoms with Crippen LogP contribution in [0.2, 0.25) is 0 Å². The van der Waals surface area contributed by atoms with Gasteiger partial charge in [0.15, 0.2) is 0 Å². The summed E-state index contributed by atoms with van der Waals surface area (Å²) in [5.74, 6) is -0.705. The highest BCUT2D eigenvalue weighted by atomic mass is 19.1. The summed E-state index contributed by atoms with van der Waals surface area (Å²) in [4.78, 5) is 26.5. The maximum absolute atomic E-state index is 14.0. The Hall–Kier alpha value is -2.95. The number of hydrogen-bond donors (Lipinski definition) is 2. The fraction of sp³-hybridized carbons (Fsp3) is 0.500. The van der Waals surface area contributed by atoms with Crippen LogP contribution in [-0.2, 0) is 6.54 Å². The van der Waals surface area contributed by atoms with Gasteiger partial charge in [0.2, 0.25) is 0 Å². The van der Waals surface area contributed by atoms with Crippen LogP contribution >= 0.6 is 0 Å². The molecule has 8 heteroatoms. The number of rotatable bonds is 3. The number of hydrogen-bond acceptors (Lipinski definition) is 3. The van der Waals surface area contributed by atoms with E-state index in [0.29, 0.717) is 25.1 Å². The van der Waals surface area contributed by atoms with Crippen molar-refractivity contribution < 1.29 is 18.6 Å². The molecule has 2 aliphatic rings. The second-order valence-electron chi connectivity index (χ2n) is 7.39. The fourth-order valence-corrected chi connectivity index (χ4v) is 3.49. The summed E-state index contributed by atoms with van der Waals surface area (Å²) >= 11 is 0. The van der Waals surface area contributed by atoms with Crippen LogP contribution in [0.1, 0.15) is 30.4 Å². The van der Waals surface area contributed by atoms with E-state index < -0.39 is 0 Å². The summed E-state index contributed by atoms with van der Waals surface area (Å²) in [5.41, 5.74) is 2.00. The van der Waals surface area contributed by atoms with E-state index in [2.05, 4.69) is 16.7 Å². The maximum Gasteiger partial charge on any atom is 0.491 e. The minimum absolute atomic E-state index is 0.0712. The molecule has 0 bridgehead atoms. The normalized spacial score (nSPS) is 20.9. The molecule has 1 heterocycles. The van der Waals surface area contributed by atoms with Gasteiger partial charge in [-0.15, -0.1) is 0 Å². The van der Waals surface area contributed by atoms with E-state index in [0.717, 1.165) is 24.1 Å². The first-order valence-corrected chi connectivity index (χ1v) is 9.46. The number of carbonyl (C=O) groups is 2. The predicted octanol–water partition coefficient (Wildman–Crippen LogP) is 2.14. The van der Waals surface area contributed by atoms with Crippen molar-refractivity contribution in [2.24, 2.45) is 5.92 Å². The first kappa shape index (κ1) is 19.8. The molecule has 1 unspecified atom stereocenters. The largest absolute Gasteiger partial charge is 0.491 e. The summed E-state index contributed by atoms with van der Waals surface area (Å²) in [5, 5.41) is 14.7. The van der Waals surface area contributed by atoms with Crippen LogP contribution in [0, 0.1) is 30.0 Å². The summed E-state index contributed by atoms with van der Waals surface area (Å²) < 4.78 is 15.7. The smallest absolute Gasteiger partial charge is 0.341 e. The monoisotopic (exact) mass is 386 g/mol. The lowest BCUT2D eigenvalue weighted by Crippen LogP contribution is -2.51. The Labute approximate surface area is 163 Å². The molecule has 3 rings (SSSR count). The molecule has 0 spiro atoms. The third kappa shape index (κ3) is 4.47. The van der Waals surface area contributed by atoms with Gasteiger partial charge in [-0.25, -0.2) is 14.5 Å². The van der Waals surface area contributed by atoms with Crippen LogP contribution in [0.4, 0.5) is 14.0 Å². The van der Waals surface area contributed by atoms with Crippen LogP contribution in [0.3, 0.4) is 0 Å². The molecule has 0 aromatic heterocycles. The number of nitrogens with zero attached hydrogens (tertiary/aromatic N) is 3. The van der Waals surface area contributed by atoms with Crippen molar-refractivity contribution in [3.8, 4) is 6.07 Å². The number of carbonyl (C=O) groups excluding carboxylic acids is 2. The van der Waals surface area contributed by atoms with Crippen molar-refractivity contribution >= 4 is 17.8 Å². The SMILES string of the molecule is CNC(=O)N1C/C(=[N+](/C(=O)NCc2ccc(C)cc2F)C2CC2)CC(C#N)C1. The topological polar surface area (TPSA) is 88.2 Å². The van der Waals surface area contributed by atoms with Crippen molar-refractivity contribution in [3.63, 3.8) is 0 Å². The average Bonchev–Trinajstić information content (AvgIpc) is 3.51. The first-order chi connectivity index (χ1) is 13.4. The number of nitriles is 1. The van der Waals surface area contributed by atoms with Gasteiger partial charge in [0.25, 0.3) is 0 Å². The molecule has 2 fully saturated rings. The molecule has 1 aliphatic heterocycles. The van der Waals surface area contributed by atoms with Gasteiger partial charge >= 0.3 is 12.1 Å². The van der Waals surface area contributed by atoms with E-state index in [1.165, 1.54) is 6.07 Å². The van der Waals surface area contributed by atoms with Crippen LogP contribution < -0.4 is 10.6 Å². The summed E-state index contributed by atoms with van der Waals surface area (Å²) in [6, 6.07) is 6.62. The van der Waals surface area contributed by atoms with Crippen LogP contribution in [0.25, 0.3) is 0 Å². The average molecular weight is 386 g/mol. The zero-order valence-corrected chi connectivity index (χ0v) is 16.2. The molecule has 1 atom stereocenters. The summed E-state index contributed by atoms with van der Waals surface area (Å²) in [7, 11) is 1.54. The zero-order valence-electron chi connectivity index (χ0n) is 16.2. The summed E-state index contributed by atoms with van der Waals surface area (Å²) in [6.07, 6.45) is 2.22. The second kappa shape index (κ2) is 8.38. The minimum atomic E-state index is -0.357. The Balaban J connectivity index is 1.80. The highest BCUT2D eigenvalue weighted by Crippen LogP contribution is 2.26. The first-order valence-electron chi connectivity index (χ1n) is 9.46. The standard InChI is InChI=1S/C20H24FN5O2/c1-13-3-4-15(18(21)7-13)10-24-20(28)26(16-5-6-16)17-8-14(9-22)11-25(12-17)19(27)23-2/h3-4,7,14,16H,5-6,8,10-12H2,1-2H3,(H-,23,24,27,28)/p+1/b26-17+. The van der Waals surface area contributed by atoms with Gasteiger partial charge in [-0.2, -0.15) is 14.6 Å². The van der Waals surface area contributed by atoms with Crippen molar-refractivity contribution in [2.45, 2.75) is 38.8 Å². The molecular formula is C20H25FN5O2+. The number of aryl methyl sites for hydroxylation is 1. The van der Waals surface area contributed by atoms with Gasteiger partial charge in [0.05, 0.1) is 18.5 Å². The van der Waals surface area contributed by atoms with Gasteiger partial charge in [0.1, 0.15) is 24.1 Å². The van der Waals surface area contributed by atoms with Gasteiger partial charge < -0.3 is 10.2 Å². The predicted molar refractivity (Wildman–Crippen MR) is 101 cm³/mol. The molecule has 1 saturated heterocycles. The molecular weight excluding hydrogens is 361 g/mol. The molecule has 7 nitrogen and oxygen atoms in total. The van der Waals surface area contributed by atoms with Gasteiger partial charge in [-0.3, -0.25) is 0 Å². The van der Waals surface area contributed by atoms with E-state index in [4.69, 9.17) is 0 Å². The Bertz CT molecular complexity index is 857. The summed E-state index contributed by atoms with van der Waals surface area (Å²) in [6.45, 7) is 2.54. The molecule has 148 valence electrons. The van der Waals surface area contributed by atoms with Crippen molar-refractivity contribution in [3.05, 3.63) is 35.1 Å². The Morgan fingerprint density at radius 1 is 1.39 bits per heavy atom. The van der Waals surface area contributed by atoms with E-state index in [1.807, 2.05) is 6.92 Å². The number of amides is 4. The molecule has 2 N–H and O–H groups in total. The molecule has 0 radical (unpaired) electrons. The lowest BCUT2D eigenvalue weighted by atomic mass is 9.97. The van der Waals surface area contributed by atoms with Gasteiger partial charge in [-0.1, -0.05) is 12.1 Å². The van der Waals surface area contributed by atoms with Crippen molar-refractivity contribution in [2.75, 3.05) is 20.1 Å². The number of piperidine rings is 1. The molecule has 1 aromatic carbocycles. The number of nitrogens with one attached hydrogen (secondary N) is 2. The molecule has 28 heavy (non-hydrogen) atoms. The zero-order chi connectivity index (χ0) is 20.3. The van der Waals surface area contributed by atoms with E-state index >= 15 is 0 Å². The highest BCUT2D eigenvalue weighted by Gasteiger charge is 2.40. The van der Waals surface area contributed by atoms with Gasteiger partial charge in [0, 0.05) is 25.6 Å². The minimum Gasteiger partial charge on any atom is -0.341 e. The molecule has 1 aromatic rings. The number of likely N-dealkylation sites (tertiary alicyclic amines) is 1. The Morgan fingerprint density at radius 2 is 2.14 bits per heavy atom. The third-order valence-corrected chi connectivity index (χ3v) is 5.09. The highest BCUT2D eigenvalue weighted by molar-refractivity contribution is 5.91. The Morgan fingerprint density at radius 3 is 2.75 bits per heavy atom.